The third-order valence-electron chi connectivity index (χ3n) is 3.04. The second kappa shape index (κ2) is 6.28. The van der Waals surface area contributed by atoms with Crippen LogP contribution in [0, 0.1) is 11.6 Å². The molecule has 2 nitrogen and oxygen atoms in total. The van der Waals surface area contributed by atoms with Gasteiger partial charge in [-0.3, -0.25) is 4.90 Å². The zero-order chi connectivity index (χ0) is 11.5. The minimum absolute atomic E-state index is 0. The number of hydrogen-bond donors (Lipinski definition) is 1. The molecule has 0 amide bonds. The monoisotopic (exact) mass is 262 g/mol. The van der Waals surface area contributed by atoms with Crippen molar-refractivity contribution in [1.29, 1.82) is 0 Å². The number of piperazine rings is 1. The van der Waals surface area contributed by atoms with Crippen LogP contribution >= 0.6 is 12.4 Å². The van der Waals surface area contributed by atoms with E-state index in [0.717, 1.165) is 25.7 Å². The minimum Gasteiger partial charge on any atom is -0.314 e. The summed E-state index contributed by atoms with van der Waals surface area (Å²) >= 11 is 0. The quantitative estimate of drug-likeness (QED) is 0.879. The van der Waals surface area contributed by atoms with Gasteiger partial charge in [0.1, 0.15) is 0 Å². The highest BCUT2D eigenvalue weighted by atomic mass is 35.5. The lowest BCUT2D eigenvalue weighted by Gasteiger charge is -2.33. The lowest BCUT2D eigenvalue weighted by Crippen LogP contribution is -2.49. The third-order valence-corrected chi connectivity index (χ3v) is 3.04. The number of nitrogens with one attached hydrogen (secondary N) is 1. The number of nitrogens with zero attached hydrogens (tertiary/aromatic N) is 1. The van der Waals surface area contributed by atoms with E-state index < -0.39 is 11.6 Å². The van der Waals surface area contributed by atoms with Crippen molar-refractivity contribution in [2.75, 3.05) is 19.6 Å². The molecule has 0 unspecified atom stereocenters. The molecule has 96 valence electrons. The Morgan fingerprint density at radius 1 is 1.41 bits per heavy atom. The Hall–Kier alpha value is -0.710. The van der Waals surface area contributed by atoms with Crippen molar-refractivity contribution in [2.24, 2.45) is 0 Å². The number of benzene rings is 1. The fourth-order valence-corrected chi connectivity index (χ4v) is 2.01. The maximum absolute atomic E-state index is 13.5. The van der Waals surface area contributed by atoms with E-state index in [1.165, 1.54) is 0 Å². The van der Waals surface area contributed by atoms with Crippen molar-refractivity contribution in [1.82, 2.24) is 10.2 Å². The first kappa shape index (κ1) is 14.4. The molecule has 1 aromatic rings. The molecule has 0 aliphatic carbocycles. The van der Waals surface area contributed by atoms with Crippen LogP contribution in [0.3, 0.4) is 0 Å². The van der Waals surface area contributed by atoms with Crippen LogP contribution in [-0.4, -0.2) is 30.6 Å². The third kappa shape index (κ3) is 3.37. The normalized spacial score (nSPS) is 21.0. The zero-order valence-electron chi connectivity index (χ0n) is 9.75. The summed E-state index contributed by atoms with van der Waals surface area (Å²) in [5, 5.41) is 3.27. The Bertz CT molecular complexity index is 374. The van der Waals surface area contributed by atoms with Gasteiger partial charge in [-0.2, -0.15) is 0 Å². The molecule has 1 aromatic carbocycles. The highest BCUT2D eigenvalue weighted by Crippen LogP contribution is 2.15. The Morgan fingerprint density at radius 2 is 2.18 bits per heavy atom. The van der Waals surface area contributed by atoms with E-state index in [0.29, 0.717) is 18.2 Å². The average Bonchev–Trinajstić information content (AvgIpc) is 2.28. The maximum atomic E-state index is 13.5. The van der Waals surface area contributed by atoms with Crippen LogP contribution in [0.1, 0.15) is 12.5 Å². The van der Waals surface area contributed by atoms with Crippen molar-refractivity contribution in [3.8, 4) is 0 Å². The molecule has 1 aliphatic rings. The van der Waals surface area contributed by atoms with E-state index in [4.69, 9.17) is 0 Å². The van der Waals surface area contributed by atoms with Gasteiger partial charge in [0, 0.05) is 37.8 Å². The molecule has 1 atom stereocenters. The van der Waals surface area contributed by atoms with Gasteiger partial charge in [-0.15, -0.1) is 12.4 Å². The van der Waals surface area contributed by atoms with Crippen molar-refractivity contribution in [3.63, 3.8) is 0 Å². The molecular weight excluding hydrogens is 246 g/mol. The molecule has 0 saturated carbocycles. The largest absolute Gasteiger partial charge is 0.314 e. The smallest absolute Gasteiger partial charge is 0.163 e. The Kier molecular flexibility index (Phi) is 5.31. The van der Waals surface area contributed by atoms with Crippen molar-refractivity contribution < 1.29 is 8.78 Å². The summed E-state index contributed by atoms with van der Waals surface area (Å²) in [6, 6.07) is 4.71. The minimum atomic E-state index is -0.764. The van der Waals surface area contributed by atoms with E-state index in [1.807, 2.05) is 0 Å². The molecule has 1 aliphatic heterocycles. The van der Waals surface area contributed by atoms with Gasteiger partial charge in [-0.1, -0.05) is 12.1 Å². The highest BCUT2D eigenvalue weighted by molar-refractivity contribution is 5.85. The average molecular weight is 263 g/mol. The van der Waals surface area contributed by atoms with Gasteiger partial charge in [0.25, 0.3) is 0 Å². The number of halogens is 3. The molecule has 1 heterocycles. The summed E-state index contributed by atoms with van der Waals surface area (Å²) in [5.41, 5.74) is 0.439. The standard InChI is InChI=1S/C12H16F2N2.ClH/c1-9-7-15-5-6-16(9)8-10-3-2-4-11(13)12(10)14;/h2-4,9,15H,5-8H2,1H3;1H/t9-;/m1./s1. The summed E-state index contributed by atoms with van der Waals surface area (Å²) in [7, 11) is 0. The van der Waals surface area contributed by atoms with Crippen LogP contribution in [-0.2, 0) is 6.54 Å². The number of rotatable bonds is 2. The summed E-state index contributed by atoms with van der Waals surface area (Å²) in [6.07, 6.45) is 0. The Balaban J connectivity index is 0.00000144. The van der Waals surface area contributed by atoms with E-state index in [9.17, 15) is 8.78 Å². The summed E-state index contributed by atoms with van der Waals surface area (Å²) < 4.78 is 26.5. The molecule has 0 bridgehead atoms. The second-order valence-corrected chi connectivity index (χ2v) is 4.24. The van der Waals surface area contributed by atoms with Gasteiger partial charge in [0.15, 0.2) is 11.6 Å². The Morgan fingerprint density at radius 3 is 2.88 bits per heavy atom. The van der Waals surface area contributed by atoms with Gasteiger partial charge in [-0.25, -0.2) is 8.78 Å². The highest BCUT2D eigenvalue weighted by Gasteiger charge is 2.19. The topological polar surface area (TPSA) is 15.3 Å². The van der Waals surface area contributed by atoms with Crippen LogP contribution in [0.2, 0.25) is 0 Å². The predicted octanol–water partition coefficient (Wildman–Crippen LogP) is 2.18. The fourth-order valence-electron chi connectivity index (χ4n) is 2.01. The molecule has 1 saturated heterocycles. The molecule has 1 N–H and O–H groups in total. The van der Waals surface area contributed by atoms with Crippen LogP contribution < -0.4 is 5.32 Å². The van der Waals surface area contributed by atoms with Gasteiger partial charge in [0.2, 0.25) is 0 Å². The van der Waals surface area contributed by atoms with Crippen LogP contribution in [0.5, 0.6) is 0 Å². The molecule has 0 spiro atoms. The molecule has 17 heavy (non-hydrogen) atoms. The van der Waals surface area contributed by atoms with E-state index in [2.05, 4.69) is 17.1 Å². The SMILES string of the molecule is C[C@@H]1CNCCN1Cc1cccc(F)c1F.Cl. The van der Waals surface area contributed by atoms with Crippen LogP contribution in [0.4, 0.5) is 8.78 Å². The molecule has 5 heteroatoms. The lowest BCUT2D eigenvalue weighted by molar-refractivity contribution is 0.163. The summed E-state index contributed by atoms with van der Waals surface area (Å²) in [5.74, 6) is -1.48. The van der Waals surface area contributed by atoms with E-state index >= 15 is 0 Å². The van der Waals surface area contributed by atoms with Gasteiger partial charge in [0.05, 0.1) is 0 Å². The molecule has 1 fully saturated rings. The Labute approximate surface area is 106 Å². The van der Waals surface area contributed by atoms with Gasteiger partial charge >= 0.3 is 0 Å². The summed E-state index contributed by atoms with van der Waals surface area (Å²) in [4.78, 5) is 2.16. The fraction of sp³-hybridized carbons (Fsp3) is 0.500. The molecule has 0 radical (unpaired) electrons. The first-order valence-electron chi connectivity index (χ1n) is 5.56. The maximum Gasteiger partial charge on any atom is 0.163 e. The first-order valence-corrected chi connectivity index (χ1v) is 5.56. The molecule has 2 rings (SSSR count). The predicted molar refractivity (Wildman–Crippen MR) is 66.3 cm³/mol. The zero-order valence-corrected chi connectivity index (χ0v) is 10.6. The van der Waals surface area contributed by atoms with Gasteiger partial charge in [-0.05, 0) is 13.0 Å². The second-order valence-electron chi connectivity index (χ2n) is 4.24. The molecular formula is C12H17ClF2N2. The van der Waals surface area contributed by atoms with Crippen molar-refractivity contribution >= 4 is 12.4 Å². The first-order chi connectivity index (χ1) is 7.68. The van der Waals surface area contributed by atoms with Crippen molar-refractivity contribution in [2.45, 2.75) is 19.5 Å². The van der Waals surface area contributed by atoms with Crippen LogP contribution in [0.15, 0.2) is 18.2 Å². The lowest BCUT2D eigenvalue weighted by atomic mass is 10.1. The van der Waals surface area contributed by atoms with Crippen molar-refractivity contribution in [3.05, 3.63) is 35.4 Å². The summed E-state index contributed by atoms with van der Waals surface area (Å²) in [6.45, 7) is 5.24. The number of hydrogen-bond acceptors (Lipinski definition) is 2. The van der Waals surface area contributed by atoms with E-state index in [-0.39, 0.29) is 12.4 Å². The van der Waals surface area contributed by atoms with Gasteiger partial charge < -0.3 is 5.32 Å². The van der Waals surface area contributed by atoms with E-state index in [1.54, 1.807) is 12.1 Å². The van der Waals surface area contributed by atoms with Crippen LogP contribution in [0.25, 0.3) is 0 Å². The molecule has 0 aromatic heterocycles.